The largest absolute Gasteiger partial charge is 0.340 e. The number of nitro groups is 1. The maximum absolute atomic E-state index is 13.3. The Kier molecular flexibility index (Phi) is 6.07. The molecule has 0 spiro atoms. The number of nitrogens with one attached hydrogen (secondary N) is 1. The number of aryl methyl sites for hydroxylation is 1. The Labute approximate surface area is 207 Å². The van der Waals surface area contributed by atoms with E-state index in [4.69, 9.17) is 5.10 Å². The van der Waals surface area contributed by atoms with Gasteiger partial charge in [0, 0.05) is 23.3 Å². The van der Waals surface area contributed by atoms with Crippen LogP contribution in [-0.2, 0) is 0 Å². The molecule has 1 N–H and O–H groups in total. The van der Waals surface area contributed by atoms with Gasteiger partial charge in [0.2, 0.25) is 0 Å². The predicted octanol–water partition coefficient (Wildman–Crippen LogP) is 5.09. The van der Waals surface area contributed by atoms with Gasteiger partial charge >= 0.3 is 5.82 Å². The average molecular weight is 477 g/mol. The summed E-state index contributed by atoms with van der Waals surface area (Å²) in [5.41, 5.74) is 6.76. The van der Waals surface area contributed by atoms with Gasteiger partial charge in [-0.05, 0) is 60.6 Å². The van der Waals surface area contributed by atoms with Crippen LogP contribution in [0.25, 0.3) is 28.5 Å². The lowest BCUT2D eigenvalue weighted by molar-refractivity contribution is -0.645. The van der Waals surface area contributed by atoms with Crippen LogP contribution in [0.4, 0.5) is 5.69 Å². The van der Waals surface area contributed by atoms with E-state index in [0.717, 1.165) is 22.4 Å². The molecule has 0 radical (unpaired) electrons. The van der Waals surface area contributed by atoms with Crippen LogP contribution in [0.3, 0.4) is 0 Å². The maximum atomic E-state index is 13.3. The van der Waals surface area contributed by atoms with Gasteiger partial charge in [-0.1, -0.05) is 63.5 Å². The number of hydrogen-bond donors (Lipinski definition) is 1. The Hall–Kier alpha value is -5.11. The number of rotatable bonds is 6. The lowest BCUT2D eigenvalue weighted by atomic mass is 10.1. The van der Waals surface area contributed by atoms with Gasteiger partial charge < -0.3 is 0 Å². The molecule has 36 heavy (non-hydrogen) atoms. The van der Waals surface area contributed by atoms with Crippen molar-refractivity contribution in [3.63, 3.8) is 0 Å². The molecule has 0 aliphatic rings. The van der Waals surface area contributed by atoms with Crippen LogP contribution in [0.5, 0.6) is 0 Å². The first-order valence-electron chi connectivity index (χ1n) is 11.3. The second-order valence-corrected chi connectivity index (χ2v) is 8.21. The van der Waals surface area contributed by atoms with Gasteiger partial charge in [0.05, 0.1) is 10.5 Å². The molecule has 8 nitrogen and oxygen atoms in total. The number of para-hydroxylation sites is 1. The summed E-state index contributed by atoms with van der Waals surface area (Å²) in [6, 6.07) is 32.7. The third kappa shape index (κ3) is 4.47. The summed E-state index contributed by atoms with van der Waals surface area (Å²) in [5.74, 6) is 0.758. The highest BCUT2D eigenvalue weighted by atomic mass is 16.6. The van der Waals surface area contributed by atoms with Gasteiger partial charge in [0.1, 0.15) is 0 Å². The summed E-state index contributed by atoms with van der Waals surface area (Å²) in [6.45, 7) is 2.01. The van der Waals surface area contributed by atoms with Crippen molar-refractivity contribution in [1.82, 2.24) is 9.77 Å². The smallest absolute Gasteiger partial charge is 0.266 e. The lowest BCUT2D eigenvalue weighted by Gasteiger charge is -2.07. The maximum Gasteiger partial charge on any atom is 0.340 e. The summed E-state index contributed by atoms with van der Waals surface area (Å²) in [4.78, 5) is 23.9. The lowest BCUT2D eigenvalue weighted by Crippen LogP contribution is -2.36. The van der Waals surface area contributed by atoms with E-state index >= 15 is 0 Å². The first-order valence-corrected chi connectivity index (χ1v) is 11.3. The molecule has 5 aromatic rings. The first kappa shape index (κ1) is 22.7. The van der Waals surface area contributed by atoms with Crippen molar-refractivity contribution < 1.29 is 14.4 Å². The third-order valence-corrected chi connectivity index (χ3v) is 5.72. The van der Waals surface area contributed by atoms with E-state index in [-0.39, 0.29) is 11.3 Å². The number of amides is 1. The van der Waals surface area contributed by atoms with Gasteiger partial charge in [-0.2, -0.15) is 5.43 Å². The van der Waals surface area contributed by atoms with Gasteiger partial charge in [-0.15, -0.1) is 0 Å². The standard InChI is InChI=1S/C28H21N5O3/c1-20-12-14-21(15-13-20)26-29-31(24-10-6-3-7-11-24)28(23-8-4-2-5-9-23)32(26)30-27(34)22-16-18-25(19-17-22)33(35)36/h2-19H,1H3/p+1. The molecule has 1 heterocycles. The summed E-state index contributed by atoms with van der Waals surface area (Å²) in [5, 5.41) is 15.9. The van der Waals surface area contributed by atoms with Crippen molar-refractivity contribution in [3.05, 3.63) is 130 Å². The molecule has 8 heteroatoms. The summed E-state index contributed by atoms with van der Waals surface area (Å²) in [6.07, 6.45) is 0. The molecular weight excluding hydrogens is 454 g/mol. The zero-order valence-corrected chi connectivity index (χ0v) is 19.4. The number of benzene rings is 4. The topological polar surface area (TPSA) is 93.9 Å². The molecule has 0 fully saturated rings. The fraction of sp³-hybridized carbons (Fsp3) is 0.0357. The van der Waals surface area contributed by atoms with Crippen LogP contribution in [0, 0.1) is 17.0 Å². The number of nitrogens with zero attached hydrogens (tertiary/aromatic N) is 4. The number of nitro benzene ring substituents is 1. The second-order valence-electron chi connectivity index (χ2n) is 8.21. The average Bonchev–Trinajstić information content (AvgIpc) is 3.29. The number of aromatic nitrogens is 3. The van der Waals surface area contributed by atoms with E-state index < -0.39 is 10.8 Å². The fourth-order valence-corrected chi connectivity index (χ4v) is 3.87. The number of carbonyl (C=O) groups excluding carboxylic acids is 1. The minimum Gasteiger partial charge on any atom is -0.266 e. The van der Waals surface area contributed by atoms with E-state index in [1.54, 1.807) is 9.36 Å². The van der Waals surface area contributed by atoms with Gasteiger partial charge in [-0.3, -0.25) is 14.9 Å². The van der Waals surface area contributed by atoms with Crippen molar-refractivity contribution in [2.24, 2.45) is 0 Å². The zero-order chi connectivity index (χ0) is 25.1. The monoisotopic (exact) mass is 476 g/mol. The second kappa shape index (κ2) is 9.63. The molecule has 0 atom stereocenters. The molecule has 0 unspecified atom stereocenters. The first-order chi connectivity index (χ1) is 17.5. The minimum atomic E-state index is -0.497. The highest BCUT2D eigenvalue weighted by molar-refractivity contribution is 6.00. The van der Waals surface area contributed by atoms with Crippen molar-refractivity contribution in [3.8, 4) is 28.5 Å². The molecule has 5 rings (SSSR count). The predicted molar refractivity (Wildman–Crippen MR) is 136 cm³/mol. The van der Waals surface area contributed by atoms with E-state index in [1.807, 2.05) is 91.9 Å². The van der Waals surface area contributed by atoms with Crippen LogP contribution in [0.1, 0.15) is 15.9 Å². The van der Waals surface area contributed by atoms with Crippen molar-refractivity contribution in [1.29, 1.82) is 0 Å². The number of hydrogen-bond acceptors (Lipinski definition) is 4. The van der Waals surface area contributed by atoms with Crippen LogP contribution >= 0.6 is 0 Å². The molecule has 0 aliphatic heterocycles. The Balaban J connectivity index is 1.70. The minimum absolute atomic E-state index is 0.0820. The van der Waals surface area contributed by atoms with Crippen molar-refractivity contribution >= 4 is 11.6 Å². The van der Waals surface area contributed by atoms with Crippen LogP contribution < -0.4 is 10.1 Å². The van der Waals surface area contributed by atoms with Crippen LogP contribution in [0.2, 0.25) is 0 Å². The van der Waals surface area contributed by atoms with Crippen molar-refractivity contribution in [2.45, 2.75) is 6.92 Å². The summed E-state index contributed by atoms with van der Waals surface area (Å²) in [7, 11) is 0. The van der Waals surface area contributed by atoms with Crippen LogP contribution in [0.15, 0.2) is 109 Å². The van der Waals surface area contributed by atoms with E-state index in [0.29, 0.717) is 11.6 Å². The highest BCUT2D eigenvalue weighted by Crippen LogP contribution is 2.25. The molecule has 0 saturated heterocycles. The van der Waals surface area contributed by atoms with Gasteiger partial charge in [0.15, 0.2) is 5.69 Å². The SMILES string of the molecule is Cc1ccc(-c2n[n+](-c3ccccc3)c(-c3ccccc3)n2NC(=O)c2ccc([N+](=O)[O-])cc2)cc1. The fourth-order valence-electron chi connectivity index (χ4n) is 3.87. The summed E-state index contributed by atoms with van der Waals surface area (Å²) < 4.78 is 3.46. The molecule has 4 aromatic carbocycles. The molecule has 0 saturated carbocycles. The Morgan fingerprint density at radius 3 is 2.06 bits per heavy atom. The Morgan fingerprint density at radius 2 is 1.44 bits per heavy atom. The highest BCUT2D eigenvalue weighted by Gasteiger charge is 2.31. The molecule has 1 aromatic heterocycles. The number of carbonyl (C=O) groups is 1. The quantitative estimate of drug-likeness (QED) is 0.210. The molecule has 0 aliphatic carbocycles. The van der Waals surface area contributed by atoms with Gasteiger partial charge in [0.25, 0.3) is 17.4 Å². The van der Waals surface area contributed by atoms with Gasteiger partial charge in [-0.25, -0.2) is 0 Å². The third-order valence-electron chi connectivity index (χ3n) is 5.72. The normalized spacial score (nSPS) is 10.7. The molecule has 176 valence electrons. The molecule has 0 bridgehead atoms. The van der Waals surface area contributed by atoms with Crippen molar-refractivity contribution in [2.75, 3.05) is 5.43 Å². The zero-order valence-electron chi connectivity index (χ0n) is 19.4. The van der Waals surface area contributed by atoms with E-state index in [9.17, 15) is 14.9 Å². The van der Waals surface area contributed by atoms with E-state index in [1.165, 1.54) is 24.3 Å². The number of non-ortho nitro benzene ring substituents is 1. The molecule has 1 amide bonds. The Morgan fingerprint density at radius 1 is 0.833 bits per heavy atom. The Bertz CT molecular complexity index is 1530. The molecular formula is C28H22N5O3+. The van der Waals surface area contributed by atoms with Crippen LogP contribution in [-0.4, -0.2) is 20.6 Å². The van der Waals surface area contributed by atoms with E-state index in [2.05, 4.69) is 5.43 Å². The summed E-state index contributed by atoms with van der Waals surface area (Å²) >= 11 is 0.